The fourth-order valence-corrected chi connectivity index (χ4v) is 4.89. The van der Waals surface area contributed by atoms with Gasteiger partial charge in [-0.15, -0.1) is 11.3 Å². The molecule has 0 aromatic carbocycles. The molecule has 4 rings (SSSR count). The predicted molar refractivity (Wildman–Crippen MR) is 112 cm³/mol. The lowest BCUT2D eigenvalue weighted by molar-refractivity contribution is -0.118. The second-order valence-corrected chi connectivity index (χ2v) is 9.15. The summed E-state index contributed by atoms with van der Waals surface area (Å²) in [6, 6.07) is 9.15. The predicted octanol–water partition coefficient (Wildman–Crippen LogP) is 3.22. The van der Waals surface area contributed by atoms with Crippen molar-refractivity contribution in [3.05, 3.63) is 75.1 Å². The lowest BCUT2D eigenvalue weighted by Gasteiger charge is -2.43. The maximum atomic E-state index is 13.2. The van der Waals surface area contributed by atoms with Crippen LogP contribution in [-0.2, 0) is 4.79 Å². The first kappa shape index (κ1) is 19.9. The molecule has 1 unspecified atom stereocenters. The van der Waals surface area contributed by atoms with Crippen molar-refractivity contribution in [1.82, 2.24) is 15.4 Å². The molecule has 30 heavy (non-hydrogen) atoms. The van der Waals surface area contributed by atoms with E-state index in [1.54, 1.807) is 12.1 Å². The number of aromatic nitrogens is 1. The van der Waals surface area contributed by atoms with Crippen molar-refractivity contribution in [2.75, 3.05) is 0 Å². The molecule has 3 heterocycles. The van der Waals surface area contributed by atoms with E-state index in [9.17, 15) is 14.9 Å². The molecule has 1 amide bonds. The summed E-state index contributed by atoms with van der Waals surface area (Å²) in [7, 11) is 0. The summed E-state index contributed by atoms with van der Waals surface area (Å²) < 4.78 is 0. The fraction of sp³-hybridized carbons (Fsp3) is 0.273. The number of ketones is 1. The van der Waals surface area contributed by atoms with Crippen LogP contribution in [-0.4, -0.2) is 21.7 Å². The second-order valence-electron chi connectivity index (χ2n) is 8.17. The Morgan fingerprint density at radius 3 is 2.70 bits per heavy atom. The van der Waals surface area contributed by atoms with Gasteiger partial charge in [-0.25, -0.2) is 5.01 Å². The number of nitriles is 1. The Morgan fingerprint density at radius 1 is 1.33 bits per heavy atom. The molecule has 3 N–H and O–H groups in total. The first-order valence-electron chi connectivity index (χ1n) is 9.53. The first-order valence-corrected chi connectivity index (χ1v) is 10.4. The fourth-order valence-electron chi connectivity index (χ4n) is 4.05. The van der Waals surface area contributed by atoms with Crippen LogP contribution in [0.5, 0.6) is 0 Å². The summed E-state index contributed by atoms with van der Waals surface area (Å²) in [5.41, 5.74) is 10.8. The number of Topliss-reactive ketones (excluding diaryl/α,β-unsaturated/α-hetero) is 1. The van der Waals surface area contributed by atoms with Gasteiger partial charge in [-0.2, -0.15) is 5.26 Å². The van der Waals surface area contributed by atoms with Gasteiger partial charge < -0.3 is 5.73 Å². The van der Waals surface area contributed by atoms with E-state index < -0.39 is 11.8 Å². The molecule has 0 spiro atoms. The molecule has 0 radical (unpaired) electrons. The topological polar surface area (TPSA) is 112 Å². The van der Waals surface area contributed by atoms with Gasteiger partial charge in [0, 0.05) is 34.8 Å². The van der Waals surface area contributed by atoms with Crippen LogP contribution in [0.25, 0.3) is 0 Å². The molecule has 0 fully saturated rings. The van der Waals surface area contributed by atoms with Crippen LogP contribution in [0.1, 0.15) is 47.8 Å². The Hall–Kier alpha value is -3.44. The number of carbonyl (C=O) groups excluding carboxylic acids is 2. The van der Waals surface area contributed by atoms with E-state index in [-0.39, 0.29) is 22.6 Å². The quantitative estimate of drug-likeness (QED) is 0.790. The number of carbonyl (C=O) groups is 2. The number of thiophene rings is 1. The molecule has 2 aromatic heterocycles. The van der Waals surface area contributed by atoms with E-state index in [2.05, 4.69) is 16.5 Å². The van der Waals surface area contributed by atoms with Crippen molar-refractivity contribution in [3.63, 3.8) is 0 Å². The Kier molecular flexibility index (Phi) is 4.92. The maximum Gasteiger partial charge on any atom is 0.270 e. The summed E-state index contributed by atoms with van der Waals surface area (Å²) in [6.07, 6.45) is 3.97. The highest BCUT2D eigenvalue weighted by Crippen LogP contribution is 2.49. The first-order chi connectivity index (χ1) is 14.3. The van der Waals surface area contributed by atoms with Crippen LogP contribution >= 0.6 is 11.3 Å². The van der Waals surface area contributed by atoms with Gasteiger partial charge >= 0.3 is 0 Å². The van der Waals surface area contributed by atoms with Crippen molar-refractivity contribution in [2.24, 2.45) is 11.1 Å². The smallest absolute Gasteiger partial charge is 0.270 e. The third kappa shape index (κ3) is 3.37. The molecular formula is C22H21N5O2S. The summed E-state index contributed by atoms with van der Waals surface area (Å²) in [5.74, 6) is -0.789. The number of hydrazine groups is 1. The number of rotatable bonds is 3. The second kappa shape index (κ2) is 7.43. The molecular weight excluding hydrogens is 398 g/mol. The van der Waals surface area contributed by atoms with Gasteiger partial charge in [0.2, 0.25) is 0 Å². The van der Waals surface area contributed by atoms with Crippen molar-refractivity contribution >= 4 is 23.0 Å². The number of nitrogens with two attached hydrogens (primary N) is 1. The van der Waals surface area contributed by atoms with E-state index in [0.717, 1.165) is 4.88 Å². The highest BCUT2D eigenvalue weighted by molar-refractivity contribution is 7.10. The van der Waals surface area contributed by atoms with Crippen LogP contribution in [0.15, 0.2) is 64.7 Å². The summed E-state index contributed by atoms with van der Waals surface area (Å²) >= 11 is 1.48. The number of allylic oxidation sites excluding steroid dienone is 3. The van der Waals surface area contributed by atoms with Crippen molar-refractivity contribution in [1.29, 1.82) is 5.26 Å². The number of pyridine rings is 1. The minimum Gasteiger partial charge on any atom is -0.383 e. The molecule has 8 heteroatoms. The molecule has 1 aliphatic heterocycles. The normalized spacial score (nSPS) is 20.6. The average molecular weight is 420 g/mol. The molecule has 0 saturated carbocycles. The zero-order valence-electron chi connectivity index (χ0n) is 16.7. The van der Waals surface area contributed by atoms with E-state index in [1.807, 2.05) is 31.4 Å². The van der Waals surface area contributed by atoms with Crippen LogP contribution in [0.3, 0.4) is 0 Å². The zero-order chi connectivity index (χ0) is 21.5. The molecule has 1 aliphatic carbocycles. The number of nitrogens with zero attached hydrogens (tertiary/aromatic N) is 3. The van der Waals surface area contributed by atoms with E-state index in [0.29, 0.717) is 29.7 Å². The Balaban J connectivity index is 1.85. The third-order valence-corrected chi connectivity index (χ3v) is 6.30. The van der Waals surface area contributed by atoms with Gasteiger partial charge in [0.05, 0.1) is 23.3 Å². The van der Waals surface area contributed by atoms with Gasteiger partial charge in [0.15, 0.2) is 5.78 Å². The summed E-state index contributed by atoms with van der Waals surface area (Å²) in [6.45, 7) is 4.02. The van der Waals surface area contributed by atoms with Crippen molar-refractivity contribution in [3.8, 4) is 6.07 Å². The van der Waals surface area contributed by atoms with Crippen molar-refractivity contribution in [2.45, 2.75) is 32.6 Å². The average Bonchev–Trinajstić information content (AvgIpc) is 3.24. The van der Waals surface area contributed by atoms with Crippen LogP contribution in [0.4, 0.5) is 0 Å². The van der Waals surface area contributed by atoms with Gasteiger partial charge in [0.25, 0.3) is 5.91 Å². The highest BCUT2D eigenvalue weighted by Gasteiger charge is 2.45. The van der Waals surface area contributed by atoms with E-state index >= 15 is 0 Å². The SMILES string of the molecule is CC1(C)CC(=O)C2=C(C1)N(NC(=O)c1ccncc1)C(N)=C(C#N)C2c1cccs1. The molecule has 2 aromatic rings. The number of hydrogen-bond acceptors (Lipinski definition) is 7. The molecule has 152 valence electrons. The third-order valence-electron chi connectivity index (χ3n) is 5.36. The monoisotopic (exact) mass is 419 g/mol. The molecule has 1 atom stereocenters. The molecule has 0 bridgehead atoms. The van der Waals surface area contributed by atoms with Gasteiger partial charge in [-0.05, 0) is 35.4 Å². The number of amides is 1. The van der Waals surface area contributed by atoms with Crippen molar-refractivity contribution < 1.29 is 9.59 Å². The van der Waals surface area contributed by atoms with E-state index in [1.165, 1.54) is 28.7 Å². The van der Waals surface area contributed by atoms with Gasteiger partial charge in [-0.1, -0.05) is 19.9 Å². The molecule has 7 nitrogen and oxygen atoms in total. The Labute approximate surface area is 178 Å². The highest BCUT2D eigenvalue weighted by atomic mass is 32.1. The number of nitrogens with one attached hydrogen (secondary N) is 1. The summed E-state index contributed by atoms with van der Waals surface area (Å²) in [4.78, 5) is 30.9. The van der Waals surface area contributed by atoms with Gasteiger partial charge in [-0.3, -0.25) is 20.0 Å². The lowest BCUT2D eigenvalue weighted by atomic mass is 9.70. The Bertz CT molecular complexity index is 1110. The van der Waals surface area contributed by atoms with Gasteiger partial charge in [0.1, 0.15) is 5.82 Å². The molecule has 2 aliphatic rings. The van der Waals surface area contributed by atoms with Crippen LogP contribution < -0.4 is 11.2 Å². The summed E-state index contributed by atoms with van der Waals surface area (Å²) in [5, 5.41) is 13.3. The largest absolute Gasteiger partial charge is 0.383 e. The minimum absolute atomic E-state index is 0.0249. The standard InChI is InChI=1S/C22H21N5O2S/c1-22(2)10-15-19(16(28)11-22)18(17-4-3-9-30-17)14(12-23)20(24)27(15)26-21(29)13-5-7-25-8-6-13/h3-9,18H,10-11,24H2,1-2H3,(H,26,29). The van der Waals surface area contributed by atoms with Crippen LogP contribution in [0.2, 0.25) is 0 Å². The maximum absolute atomic E-state index is 13.2. The van der Waals surface area contributed by atoms with E-state index in [4.69, 9.17) is 5.73 Å². The lowest BCUT2D eigenvalue weighted by Crippen LogP contribution is -2.49. The van der Waals surface area contributed by atoms with Crippen LogP contribution in [0, 0.1) is 16.7 Å². The molecule has 0 saturated heterocycles. The zero-order valence-corrected chi connectivity index (χ0v) is 17.5. The Morgan fingerprint density at radius 2 is 2.07 bits per heavy atom. The number of hydrogen-bond donors (Lipinski definition) is 2. The minimum atomic E-state index is -0.511.